The van der Waals surface area contributed by atoms with Crippen molar-refractivity contribution in [1.29, 1.82) is 0 Å². The largest absolute Gasteiger partial charge is 0.490 e. The Hall–Kier alpha value is -5.61. The summed E-state index contributed by atoms with van der Waals surface area (Å²) in [5.74, 6) is -0.885. The van der Waals surface area contributed by atoms with E-state index in [1.54, 1.807) is 61.6 Å². The zero-order valence-corrected chi connectivity index (χ0v) is 33.4. The van der Waals surface area contributed by atoms with Crippen LogP contribution >= 0.6 is 35.0 Å². The first kappa shape index (κ1) is 41.6. The van der Waals surface area contributed by atoms with Crippen LogP contribution in [-0.4, -0.2) is 40.1 Å². The molecular weight excluding hydrogens is 765 g/mol. The number of amidine groups is 1. The number of hydrogen-bond acceptors (Lipinski definition) is 6. The van der Waals surface area contributed by atoms with Crippen LogP contribution in [0.3, 0.4) is 0 Å². The van der Waals surface area contributed by atoms with Gasteiger partial charge in [-0.25, -0.2) is 0 Å². The maximum absolute atomic E-state index is 14.4. The molecule has 1 aliphatic rings. The predicted octanol–water partition coefficient (Wildman–Crippen LogP) is 10.1. The number of ether oxygens (including phenoxy) is 2. The molecule has 0 unspecified atom stereocenters. The summed E-state index contributed by atoms with van der Waals surface area (Å²) >= 11 is 13.5. The summed E-state index contributed by atoms with van der Waals surface area (Å²) in [6, 6.07) is 27.6. The first-order valence-corrected chi connectivity index (χ1v) is 19.5. The van der Waals surface area contributed by atoms with E-state index in [-0.39, 0.29) is 29.0 Å². The third-order valence-corrected chi connectivity index (χ3v) is 9.95. The van der Waals surface area contributed by atoms with E-state index in [4.69, 9.17) is 32.7 Å². The Morgan fingerprint density at radius 3 is 2.25 bits per heavy atom. The van der Waals surface area contributed by atoms with Crippen molar-refractivity contribution >= 4 is 63.9 Å². The third kappa shape index (κ3) is 10.6. The Balaban J connectivity index is 1.46. The van der Waals surface area contributed by atoms with Crippen LogP contribution in [0.1, 0.15) is 47.7 Å². The molecule has 0 radical (unpaired) electrons. The van der Waals surface area contributed by atoms with Gasteiger partial charge < -0.3 is 14.8 Å². The van der Waals surface area contributed by atoms with Gasteiger partial charge in [-0.2, -0.15) is 4.99 Å². The number of nitrogens with one attached hydrogen (secondary N) is 1. The van der Waals surface area contributed by atoms with Crippen molar-refractivity contribution in [2.24, 2.45) is 4.99 Å². The highest BCUT2D eigenvalue weighted by molar-refractivity contribution is 8.14. The van der Waals surface area contributed by atoms with Gasteiger partial charge in [-0.1, -0.05) is 133 Å². The number of amides is 3. The zero-order valence-electron chi connectivity index (χ0n) is 31.0. The molecule has 1 heterocycles. The molecule has 1 N–H and O–H groups in total. The van der Waals surface area contributed by atoms with Gasteiger partial charge in [-0.05, 0) is 73.4 Å². The number of aliphatic imine (C=N–C) groups is 1. The lowest BCUT2D eigenvalue weighted by molar-refractivity contribution is -0.126. The van der Waals surface area contributed by atoms with Gasteiger partial charge in [-0.3, -0.25) is 19.3 Å². The van der Waals surface area contributed by atoms with E-state index in [1.807, 2.05) is 73.7 Å². The Morgan fingerprint density at radius 2 is 1.64 bits per heavy atom. The lowest BCUT2D eigenvalue weighted by Gasteiger charge is -2.28. The van der Waals surface area contributed by atoms with E-state index < -0.39 is 17.9 Å². The number of benzene rings is 4. The van der Waals surface area contributed by atoms with Crippen molar-refractivity contribution in [3.05, 3.63) is 184 Å². The maximum atomic E-state index is 14.4. The normalized spacial score (nSPS) is 13.9. The summed E-state index contributed by atoms with van der Waals surface area (Å²) in [5.41, 5.74) is 4.05. The maximum Gasteiger partial charge on any atom is 0.285 e. The second-order valence-electron chi connectivity index (χ2n) is 12.3. The number of hydrogen-bond donors (Lipinski definition) is 1. The average molecular weight is 807 g/mol. The van der Waals surface area contributed by atoms with E-state index in [2.05, 4.69) is 23.5 Å². The van der Waals surface area contributed by atoms with Gasteiger partial charge in [0.2, 0.25) is 5.91 Å². The van der Waals surface area contributed by atoms with E-state index in [1.165, 1.54) is 11.0 Å². The summed E-state index contributed by atoms with van der Waals surface area (Å²) in [4.78, 5) is 47.3. The van der Waals surface area contributed by atoms with Crippen LogP contribution in [0.2, 0.25) is 10.0 Å². The van der Waals surface area contributed by atoms with Crippen LogP contribution in [0.25, 0.3) is 6.08 Å². The molecule has 286 valence electrons. The minimum atomic E-state index is -0.746. The second-order valence-corrected chi connectivity index (χ2v) is 14.1. The molecule has 3 amide bonds. The van der Waals surface area contributed by atoms with Gasteiger partial charge in [0.15, 0.2) is 16.7 Å². The molecule has 0 bridgehead atoms. The molecular formula is C45H41Cl2N3O5S. The van der Waals surface area contributed by atoms with Crippen molar-refractivity contribution in [1.82, 2.24) is 10.2 Å². The first-order chi connectivity index (χ1) is 27.2. The number of thioether (sulfide) groups is 1. The summed E-state index contributed by atoms with van der Waals surface area (Å²) in [6.07, 6.45) is 10.3. The quantitative estimate of drug-likeness (QED) is 0.0524. The van der Waals surface area contributed by atoms with Crippen LogP contribution in [0, 0.1) is 0 Å². The lowest BCUT2D eigenvalue weighted by atomic mass is 9.99. The Morgan fingerprint density at radius 1 is 0.946 bits per heavy atom. The molecule has 4 aromatic rings. The molecule has 5 rings (SSSR count). The van der Waals surface area contributed by atoms with Crippen molar-refractivity contribution in [2.75, 3.05) is 12.4 Å². The summed E-state index contributed by atoms with van der Waals surface area (Å²) in [6.45, 7) is 11.7. The summed E-state index contributed by atoms with van der Waals surface area (Å²) < 4.78 is 12.3. The second kappa shape index (κ2) is 20.3. The van der Waals surface area contributed by atoms with Crippen molar-refractivity contribution in [3.8, 4) is 11.5 Å². The zero-order chi connectivity index (χ0) is 40.0. The van der Waals surface area contributed by atoms with Crippen LogP contribution in [-0.2, 0) is 27.4 Å². The van der Waals surface area contributed by atoms with Gasteiger partial charge in [-0.15, -0.1) is 6.58 Å². The Bertz CT molecular complexity index is 2180. The molecule has 0 aliphatic carbocycles. The fourth-order valence-electron chi connectivity index (χ4n) is 5.85. The SMILES string of the molecule is C=C/C=C\C(=C/C)N1C(=O)/C(=C/c2cc(CC=C)c(OCc3ccc(Cl)cc3Cl)c(OCC)c2)C(=O)N=C1SCC(=O)NC(c1ccccc1)c1ccccc1. The molecule has 56 heavy (non-hydrogen) atoms. The highest BCUT2D eigenvalue weighted by atomic mass is 35.5. The fourth-order valence-corrected chi connectivity index (χ4v) is 7.12. The number of carbonyl (C=O) groups is 3. The van der Waals surface area contributed by atoms with Gasteiger partial charge in [0.1, 0.15) is 12.2 Å². The van der Waals surface area contributed by atoms with Crippen LogP contribution in [0.4, 0.5) is 0 Å². The number of halogens is 2. The summed E-state index contributed by atoms with van der Waals surface area (Å²) in [7, 11) is 0. The van der Waals surface area contributed by atoms with Gasteiger partial charge in [0.05, 0.1) is 18.4 Å². The fraction of sp³-hybridized carbons (Fsp3) is 0.156. The van der Waals surface area contributed by atoms with Crippen molar-refractivity contribution in [2.45, 2.75) is 32.9 Å². The van der Waals surface area contributed by atoms with Crippen LogP contribution < -0.4 is 14.8 Å². The molecule has 1 aliphatic heterocycles. The van der Waals surface area contributed by atoms with E-state index in [9.17, 15) is 14.4 Å². The smallest absolute Gasteiger partial charge is 0.285 e. The van der Waals surface area contributed by atoms with Crippen molar-refractivity contribution < 1.29 is 23.9 Å². The van der Waals surface area contributed by atoms with Crippen LogP contribution in [0.15, 0.2) is 151 Å². The number of rotatable bonds is 16. The average Bonchev–Trinajstić information content (AvgIpc) is 3.20. The lowest BCUT2D eigenvalue weighted by Crippen LogP contribution is -2.42. The topological polar surface area (TPSA) is 97.3 Å². The standard InChI is InChI=1S/C45H41Cl2N3O5S/c1-5-9-21-36(7-3)50-44(53)37(25-30-24-33(16-6-2)42(39(26-30)54-8-4)55-28-34-22-23-35(46)27-38(34)47)43(52)49-45(50)56-29-40(51)48-41(31-17-12-10-13-18-31)32-19-14-11-15-20-32/h5-7,9-15,17-27,41H,1-2,8,16,28-29H2,3-4H3,(H,48,51)/b21-9-,36-7+,37-25+. The third-order valence-electron chi connectivity index (χ3n) is 8.43. The van der Waals surface area contributed by atoms with E-state index in [0.717, 1.165) is 28.5 Å². The van der Waals surface area contributed by atoms with E-state index >= 15 is 0 Å². The van der Waals surface area contributed by atoms with Crippen LogP contribution in [0.5, 0.6) is 11.5 Å². The highest BCUT2D eigenvalue weighted by Crippen LogP contribution is 2.37. The Kier molecular flexibility index (Phi) is 15.1. The molecule has 8 nitrogen and oxygen atoms in total. The van der Waals surface area contributed by atoms with Gasteiger partial charge >= 0.3 is 0 Å². The van der Waals surface area contributed by atoms with Gasteiger partial charge in [0, 0.05) is 26.9 Å². The molecule has 0 saturated carbocycles. The number of carbonyl (C=O) groups excluding carboxylic acids is 3. The molecule has 0 saturated heterocycles. The summed E-state index contributed by atoms with van der Waals surface area (Å²) in [5, 5.41) is 4.15. The molecule has 4 aromatic carbocycles. The van der Waals surface area contributed by atoms with Crippen molar-refractivity contribution in [3.63, 3.8) is 0 Å². The monoisotopic (exact) mass is 805 g/mol. The van der Waals surface area contributed by atoms with E-state index in [0.29, 0.717) is 51.4 Å². The predicted molar refractivity (Wildman–Crippen MR) is 228 cm³/mol. The number of nitrogens with zero attached hydrogens (tertiary/aromatic N) is 2. The highest BCUT2D eigenvalue weighted by Gasteiger charge is 2.35. The van der Waals surface area contributed by atoms with Gasteiger partial charge in [0.25, 0.3) is 11.8 Å². The molecule has 0 aromatic heterocycles. The molecule has 0 fully saturated rings. The molecule has 11 heteroatoms. The minimum Gasteiger partial charge on any atom is -0.490 e. The number of allylic oxidation sites excluding steroid dienone is 5. The minimum absolute atomic E-state index is 0.0667. The molecule has 0 spiro atoms. The Labute approximate surface area is 341 Å². The first-order valence-electron chi connectivity index (χ1n) is 17.8. The molecule has 0 atom stereocenters.